The topological polar surface area (TPSA) is 43.8 Å². The van der Waals surface area contributed by atoms with Crippen LogP contribution in [0.15, 0.2) is 36.4 Å². The Balaban J connectivity index is 2.00. The molecular formula is C20H26N2O2S. The maximum atomic E-state index is 11.7. The van der Waals surface area contributed by atoms with Gasteiger partial charge in [-0.3, -0.25) is 9.69 Å². The Kier molecular flexibility index (Phi) is 5.45. The fourth-order valence-electron chi connectivity index (χ4n) is 3.57. The fraction of sp³-hybridized carbons (Fsp3) is 0.450. The van der Waals surface area contributed by atoms with Crippen molar-refractivity contribution in [2.75, 3.05) is 25.5 Å². The van der Waals surface area contributed by atoms with Crippen LogP contribution < -0.4 is 4.90 Å². The number of aryl methyl sites for hydroxylation is 1. The molecule has 1 N–H and O–H groups in total. The SMILES string of the molecule is CCc1ccc(C(c2ccc(N(C)C)cc2)N2CCCC2C(=O)O)s1. The average molecular weight is 359 g/mol. The molecule has 2 heterocycles. The van der Waals surface area contributed by atoms with Crippen molar-refractivity contribution in [3.8, 4) is 0 Å². The summed E-state index contributed by atoms with van der Waals surface area (Å²) in [5.74, 6) is -0.709. The third kappa shape index (κ3) is 3.72. The van der Waals surface area contributed by atoms with Gasteiger partial charge in [0, 0.05) is 36.1 Å². The lowest BCUT2D eigenvalue weighted by molar-refractivity contribution is -0.142. The van der Waals surface area contributed by atoms with Crippen LogP contribution in [0.4, 0.5) is 5.69 Å². The quantitative estimate of drug-likeness (QED) is 0.847. The third-order valence-corrected chi connectivity index (χ3v) is 6.22. The zero-order valence-corrected chi connectivity index (χ0v) is 15.9. The molecule has 2 aromatic rings. The van der Waals surface area contributed by atoms with Gasteiger partial charge in [0.05, 0.1) is 6.04 Å². The maximum absolute atomic E-state index is 11.7. The normalized spacial score (nSPS) is 19.1. The summed E-state index contributed by atoms with van der Waals surface area (Å²) in [6, 6.07) is 12.5. The second kappa shape index (κ2) is 7.58. The summed E-state index contributed by atoms with van der Waals surface area (Å²) in [4.78, 5) is 18.6. The summed E-state index contributed by atoms with van der Waals surface area (Å²) < 4.78 is 0. The van der Waals surface area contributed by atoms with Crippen molar-refractivity contribution >= 4 is 23.0 Å². The lowest BCUT2D eigenvalue weighted by Gasteiger charge is -2.31. The molecule has 2 atom stereocenters. The monoisotopic (exact) mass is 358 g/mol. The molecule has 3 rings (SSSR count). The highest BCUT2D eigenvalue weighted by molar-refractivity contribution is 7.12. The Bertz CT molecular complexity index is 724. The van der Waals surface area contributed by atoms with Crippen LogP contribution in [0.2, 0.25) is 0 Å². The van der Waals surface area contributed by atoms with Crippen molar-refractivity contribution in [3.63, 3.8) is 0 Å². The van der Waals surface area contributed by atoms with Crippen molar-refractivity contribution in [1.29, 1.82) is 0 Å². The Morgan fingerprint density at radius 3 is 2.56 bits per heavy atom. The third-order valence-electron chi connectivity index (χ3n) is 4.94. The van der Waals surface area contributed by atoms with Crippen LogP contribution in [0, 0.1) is 0 Å². The summed E-state index contributed by atoms with van der Waals surface area (Å²) in [6.07, 6.45) is 2.68. The summed E-state index contributed by atoms with van der Waals surface area (Å²) >= 11 is 1.80. The van der Waals surface area contributed by atoms with Crippen LogP contribution >= 0.6 is 11.3 Å². The molecule has 134 valence electrons. The lowest BCUT2D eigenvalue weighted by atomic mass is 10.0. The molecule has 0 spiro atoms. The summed E-state index contributed by atoms with van der Waals surface area (Å²) in [6.45, 7) is 2.99. The highest BCUT2D eigenvalue weighted by atomic mass is 32.1. The molecule has 0 aliphatic carbocycles. The fourth-order valence-corrected chi connectivity index (χ4v) is 4.67. The van der Waals surface area contributed by atoms with Crippen LogP contribution in [0.1, 0.15) is 41.1 Å². The lowest BCUT2D eigenvalue weighted by Crippen LogP contribution is -2.39. The second-order valence-electron chi connectivity index (χ2n) is 6.78. The van der Waals surface area contributed by atoms with E-state index in [1.807, 2.05) is 14.1 Å². The van der Waals surface area contributed by atoms with Gasteiger partial charge in [-0.1, -0.05) is 19.1 Å². The van der Waals surface area contributed by atoms with Gasteiger partial charge in [0.1, 0.15) is 6.04 Å². The molecule has 5 heteroatoms. The number of anilines is 1. The molecule has 0 amide bonds. The Morgan fingerprint density at radius 1 is 1.28 bits per heavy atom. The highest BCUT2D eigenvalue weighted by Crippen LogP contribution is 2.38. The molecule has 25 heavy (non-hydrogen) atoms. The molecule has 1 fully saturated rings. The standard InChI is InChI=1S/C20H26N2O2S/c1-4-16-11-12-18(25-16)19(22-13-5-6-17(22)20(23)24)14-7-9-15(10-8-14)21(2)3/h7-12,17,19H,4-6,13H2,1-3H3,(H,23,24). The first kappa shape index (κ1) is 18.0. The Labute approximate surface area is 153 Å². The molecule has 4 nitrogen and oxygen atoms in total. The molecule has 0 radical (unpaired) electrons. The van der Waals surface area contributed by atoms with Gasteiger partial charge in [-0.15, -0.1) is 11.3 Å². The number of hydrogen-bond donors (Lipinski definition) is 1. The minimum Gasteiger partial charge on any atom is -0.480 e. The first-order chi connectivity index (χ1) is 12.0. The van der Waals surface area contributed by atoms with E-state index in [-0.39, 0.29) is 6.04 Å². The van der Waals surface area contributed by atoms with E-state index in [9.17, 15) is 9.90 Å². The van der Waals surface area contributed by atoms with E-state index < -0.39 is 12.0 Å². The number of aliphatic carboxylic acids is 1. The maximum Gasteiger partial charge on any atom is 0.320 e. The van der Waals surface area contributed by atoms with Crippen molar-refractivity contribution in [2.24, 2.45) is 0 Å². The number of benzene rings is 1. The van der Waals surface area contributed by atoms with Gasteiger partial charge in [0.25, 0.3) is 0 Å². The predicted octanol–water partition coefficient (Wildman–Crippen LogP) is 4.01. The van der Waals surface area contributed by atoms with Gasteiger partial charge in [0.2, 0.25) is 0 Å². The zero-order valence-electron chi connectivity index (χ0n) is 15.1. The molecule has 0 saturated carbocycles. The van der Waals surface area contributed by atoms with Crippen molar-refractivity contribution < 1.29 is 9.90 Å². The van der Waals surface area contributed by atoms with Gasteiger partial charge in [-0.05, 0) is 49.1 Å². The number of rotatable bonds is 6. The number of carboxylic acids is 1. The van der Waals surface area contributed by atoms with E-state index in [1.165, 1.54) is 15.3 Å². The van der Waals surface area contributed by atoms with E-state index in [4.69, 9.17) is 0 Å². The minimum absolute atomic E-state index is 0.0186. The van der Waals surface area contributed by atoms with E-state index in [1.54, 1.807) is 11.3 Å². The van der Waals surface area contributed by atoms with Gasteiger partial charge < -0.3 is 10.0 Å². The summed E-state index contributed by atoms with van der Waals surface area (Å²) in [5, 5.41) is 9.65. The van der Waals surface area contributed by atoms with Crippen LogP contribution in [-0.2, 0) is 11.2 Å². The molecule has 1 aromatic carbocycles. The van der Waals surface area contributed by atoms with E-state index in [0.29, 0.717) is 0 Å². The molecule has 0 bridgehead atoms. The van der Waals surface area contributed by atoms with Gasteiger partial charge >= 0.3 is 5.97 Å². The Morgan fingerprint density at radius 2 is 2.00 bits per heavy atom. The second-order valence-corrected chi connectivity index (χ2v) is 7.98. The van der Waals surface area contributed by atoms with E-state index >= 15 is 0 Å². The molecule has 1 aliphatic heterocycles. The van der Waals surface area contributed by atoms with E-state index in [2.05, 4.69) is 53.1 Å². The van der Waals surface area contributed by atoms with Crippen molar-refractivity contribution in [2.45, 2.75) is 38.3 Å². The van der Waals surface area contributed by atoms with Crippen molar-refractivity contribution in [3.05, 3.63) is 51.7 Å². The number of hydrogen-bond acceptors (Lipinski definition) is 4. The summed E-state index contributed by atoms with van der Waals surface area (Å²) in [5.41, 5.74) is 2.32. The van der Waals surface area contributed by atoms with E-state index in [0.717, 1.165) is 31.5 Å². The first-order valence-corrected chi connectivity index (χ1v) is 9.67. The first-order valence-electron chi connectivity index (χ1n) is 8.85. The smallest absolute Gasteiger partial charge is 0.320 e. The van der Waals surface area contributed by atoms with Gasteiger partial charge in [-0.25, -0.2) is 0 Å². The number of likely N-dealkylation sites (tertiary alicyclic amines) is 1. The number of carboxylic acid groups (broad SMARTS) is 1. The van der Waals surface area contributed by atoms with Crippen LogP contribution in [0.3, 0.4) is 0 Å². The molecule has 1 aliphatic rings. The van der Waals surface area contributed by atoms with Crippen LogP contribution in [-0.4, -0.2) is 42.7 Å². The van der Waals surface area contributed by atoms with Gasteiger partial charge in [0.15, 0.2) is 0 Å². The molecule has 1 aromatic heterocycles. The van der Waals surface area contributed by atoms with Crippen LogP contribution in [0.5, 0.6) is 0 Å². The molecule has 1 saturated heterocycles. The largest absolute Gasteiger partial charge is 0.480 e. The predicted molar refractivity (Wildman–Crippen MR) is 104 cm³/mol. The number of nitrogens with zero attached hydrogens (tertiary/aromatic N) is 2. The number of carbonyl (C=O) groups is 1. The Hall–Kier alpha value is -1.85. The minimum atomic E-state index is -0.709. The highest BCUT2D eigenvalue weighted by Gasteiger charge is 2.37. The zero-order chi connectivity index (χ0) is 18.0. The van der Waals surface area contributed by atoms with Gasteiger partial charge in [-0.2, -0.15) is 0 Å². The van der Waals surface area contributed by atoms with Crippen molar-refractivity contribution in [1.82, 2.24) is 4.90 Å². The summed E-state index contributed by atoms with van der Waals surface area (Å²) in [7, 11) is 4.06. The van der Waals surface area contributed by atoms with Crippen LogP contribution in [0.25, 0.3) is 0 Å². The molecule has 2 unspecified atom stereocenters. The average Bonchev–Trinajstić information content (AvgIpc) is 3.25. The molecular weight excluding hydrogens is 332 g/mol. The number of thiophene rings is 1.